The molecule has 0 aliphatic heterocycles. The highest BCUT2D eigenvalue weighted by Crippen LogP contribution is 2.24. The van der Waals surface area contributed by atoms with Gasteiger partial charge in [0.15, 0.2) is 0 Å². The molecule has 1 aromatic heterocycles. The maximum absolute atomic E-state index is 13.7. The SMILES string of the molecule is CC(C)c1cc2ccc(I)nc2cc1F. The maximum Gasteiger partial charge on any atom is 0.128 e. The Kier molecular flexibility index (Phi) is 2.91. The van der Waals surface area contributed by atoms with Crippen LogP contribution in [0.3, 0.4) is 0 Å². The quantitative estimate of drug-likeness (QED) is 0.570. The van der Waals surface area contributed by atoms with E-state index in [1.165, 1.54) is 6.07 Å². The summed E-state index contributed by atoms with van der Waals surface area (Å²) in [4.78, 5) is 4.28. The lowest BCUT2D eigenvalue weighted by Crippen LogP contribution is -1.94. The first-order chi connectivity index (χ1) is 7.08. The van der Waals surface area contributed by atoms with E-state index in [0.717, 1.165) is 20.2 Å². The van der Waals surface area contributed by atoms with Gasteiger partial charge in [-0.05, 0) is 46.2 Å². The van der Waals surface area contributed by atoms with E-state index in [4.69, 9.17) is 0 Å². The van der Waals surface area contributed by atoms with Crippen LogP contribution in [0.25, 0.3) is 10.9 Å². The Morgan fingerprint density at radius 2 is 2.00 bits per heavy atom. The summed E-state index contributed by atoms with van der Waals surface area (Å²) in [6.45, 7) is 3.98. The number of hydrogen-bond acceptors (Lipinski definition) is 1. The molecular weight excluding hydrogens is 304 g/mol. The second-order valence-corrected chi connectivity index (χ2v) is 4.96. The Morgan fingerprint density at radius 3 is 2.67 bits per heavy atom. The lowest BCUT2D eigenvalue weighted by Gasteiger charge is -2.08. The summed E-state index contributed by atoms with van der Waals surface area (Å²) in [7, 11) is 0. The fourth-order valence-electron chi connectivity index (χ4n) is 1.58. The third-order valence-electron chi connectivity index (χ3n) is 2.40. The Hall–Kier alpha value is -0.710. The number of halogens is 2. The molecule has 15 heavy (non-hydrogen) atoms. The van der Waals surface area contributed by atoms with Crippen molar-refractivity contribution in [2.45, 2.75) is 19.8 Å². The first kappa shape index (κ1) is 10.8. The van der Waals surface area contributed by atoms with Gasteiger partial charge in [0.2, 0.25) is 0 Å². The highest BCUT2D eigenvalue weighted by molar-refractivity contribution is 14.1. The van der Waals surface area contributed by atoms with E-state index in [-0.39, 0.29) is 11.7 Å². The molecule has 0 aliphatic rings. The van der Waals surface area contributed by atoms with Crippen molar-refractivity contribution in [2.75, 3.05) is 0 Å². The zero-order valence-corrected chi connectivity index (χ0v) is 10.7. The van der Waals surface area contributed by atoms with E-state index in [0.29, 0.717) is 0 Å². The summed E-state index contributed by atoms with van der Waals surface area (Å²) < 4.78 is 14.5. The van der Waals surface area contributed by atoms with Crippen LogP contribution in [0.4, 0.5) is 4.39 Å². The van der Waals surface area contributed by atoms with Crippen molar-refractivity contribution in [2.24, 2.45) is 0 Å². The molecule has 1 aromatic carbocycles. The number of rotatable bonds is 1. The van der Waals surface area contributed by atoms with Crippen LogP contribution in [-0.2, 0) is 0 Å². The Bertz CT molecular complexity index is 508. The Labute approximate surface area is 102 Å². The van der Waals surface area contributed by atoms with Gasteiger partial charge >= 0.3 is 0 Å². The molecule has 0 unspecified atom stereocenters. The van der Waals surface area contributed by atoms with Gasteiger partial charge in [0.05, 0.1) is 5.52 Å². The van der Waals surface area contributed by atoms with Gasteiger partial charge in [-0.25, -0.2) is 9.37 Å². The molecule has 0 fully saturated rings. The van der Waals surface area contributed by atoms with Crippen LogP contribution < -0.4 is 0 Å². The zero-order chi connectivity index (χ0) is 11.0. The van der Waals surface area contributed by atoms with Gasteiger partial charge in [-0.1, -0.05) is 19.9 Å². The lowest BCUT2D eigenvalue weighted by atomic mass is 10.0. The molecule has 0 N–H and O–H groups in total. The van der Waals surface area contributed by atoms with Crippen LogP contribution in [-0.4, -0.2) is 4.98 Å². The van der Waals surface area contributed by atoms with Crippen molar-refractivity contribution in [3.63, 3.8) is 0 Å². The second kappa shape index (κ2) is 4.04. The van der Waals surface area contributed by atoms with E-state index < -0.39 is 0 Å². The van der Waals surface area contributed by atoms with Crippen LogP contribution in [0.2, 0.25) is 0 Å². The van der Waals surface area contributed by atoms with Gasteiger partial charge in [0.25, 0.3) is 0 Å². The smallest absolute Gasteiger partial charge is 0.128 e. The van der Waals surface area contributed by atoms with Crippen molar-refractivity contribution in [3.8, 4) is 0 Å². The third kappa shape index (κ3) is 2.12. The van der Waals surface area contributed by atoms with Gasteiger partial charge in [-0.2, -0.15) is 0 Å². The van der Waals surface area contributed by atoms with Crippen molar-refractivity contribution < 1.29 is 4.39 Å². The van der Waals surface area contributed by atoms with Gasteiger partial charge in [-0.15, -0.1) is 0 Å². The first-order valence-corrected chi connectivity index (χ1v) is 5.91. The number of pyridine rings is 1. The van der Waals surface area contributed by atoms with E-state index in [2.05, 4.69) is 27.6 Å². The first-order valence-electron chi connectivity index (χ1n) is 4.83. The largest absolute Gasteiger partial charge is 0.242 e. The van der Waals surface area contributed by atoms with Crippen molar-refractivity contribution in [1.82, 2.24) is 4.98 Å². The fraction of sp³-hybridized carbons (Fsp3) is 0.250. The van der Waals surface area contributed by atoms with Crippen LogP contribution in [0.5, 0.6) is 0 Å². The maximum atomic E-state index is 13.7. The number of nitrogens with zero attached hydrogens (tertiary/aromatic N) is 1. The number of fused-ring (bicyclic) bond motifs is 1. The summed E-state index contributed by atoms with van der Waals surface area (Å²) in [5, 5.41) is 1.00. The van der Waals surface area contributed by atoms with E-state index in [1.54, 1.807) is 0 Å². The minimum Gasteiger partial charge on any atom is -0.242 e. The van der Waals surface area contributed by atoms with Gasteiger partial charge in [0.1, 0.15) is 9.52 Å². The van der Waals surface area contributed by atoms with Crippen LogP contribution >= 0.6 is 22.6 Å². The summed E-state index contributed by atoms with van der Waals surface area (Å²) in [6, 6.07) is 7.32. The topological polar surface area (TPSA) is 12.9 Å². The molecule has 2 aromatic rings. The number of hydrogen-bond donors (Lipinski definition) is 0. The summed E-state index contributed by atoms with van der Waals surface area (Å²) >= 11 is 2.13. The molecule has 0 saturated heterocycles. The zero-order valence-electron chi connectivity index (χ0n) is 8.59. The molecule has 0 spiro atoms. The monoisotopic (exact) mass is 315 g/mol. The summed E-state index contributed by atoms with van der Waals surface area (Å²) in [6.07, 6.45) is 0. The molecule has 78 valence electrons. The van der Waals surface area contributed by atoms with Crippen LogP contribution in [0.15, 0.2) is 24.3 Å². The molecule has 1 nitrogen and oxygen atoms in total. The van der Waals surface area contributed by atoms with Crippen LogP contribution in [0, 0.1) is 9.52 Å². The molecule has 1 heterocycles. The molecule has 2 rings (SSSR count). The fourth-order valence-corrected chi connectivity index (χ4v) is 2.02. The highest BCUT2D eigenvalue weighted by Gasteiger charge is 2.08. The summed E-state index contributed by atoms with van der Waals surface area (Å²) in [5.41, 5.74) is 1.48. The van der Waals surface area contributed by atoms with E-state index in [9.17, 15) is 4.39 Å². The second-order valence-electron chi connectivity index (χ2n) is 3.86. The van der Waals surface area contributed by atoms with Crippen molar-refractivity contribution in [1.29, 1.82) is 0 Å². The normalized spacial score (nSPS) is 11.3. The van der Waals surface area contributed by atoms with E-state index in [1.807, 2.05) is 32.0 Å². The average molecular weight is 315 g/mol. The number of benzene rings is 1. The lowest BCUT2D eigenvalue weighted by molar-refractivity contribution is 0.600. The van der Waals surface area contributed by atoms with E-state index >= 15 is 0 Å². The molecular formula is C12H11FIN. The average Bonchev–Trinajstić information content (AvgIpc) is 2.15. The van der Waals surface area contributed by atoms with Crippen LogP contribution in [0.1, 0.15) is 25.3 Å². The van der Waals surface area contributed by atoms with Gasteiger partial charge in [0, 0.05) is 11.5 Å². The summed E-state index contributed by atoms with van der Waals surface area (Å²) in [5.74, 6) is 0.0423. The van der Waals surface area contributed by atoms with Gasteiger partial charge < -0.3 is 0 Å². The molecule has 0 amide bonds. The Balaban J connectivity index is 2.71. The molecule has 0 radical (unpaired) electrons. The third-order valence-corrected chi connectivity index (χ3v) is 3.00. The Morgan fingerprint density at radius 1 is 1.27 bits per heavy atom. The molecule has 0 atom stereocenters. The molecule has 0 aliphatic carbocycles. The van der Waals surface area contributed by atoms with Gasteiger partial charge in [-0.3, -0.25) is 0 Å². The molecule has 0 saturated carbocycles. The van der Waals surface area contributed by atoms with Crippen molar-refractivity contribution >= 4 is 33.5 Å². The molecule has 0 bridgehead atoms. The predicted molar refractivity (Wildman–Crippen MR) is 68.5 cm³/mol. The highest BCUT2D eigenvalue weighted by atomic mass is 127. The number of aromatic nitrogens is 1. The predicted octanol–water partition coefficient (Wildman–Crippen LogP) is 4.10. The standard InChI is InChI=1S/C12H11FIN/c1-7(2)9-5-8-3-4-12(14)15-11(8)6-10(9)13/h3-7H,1-2H3. The molecule has 3 heteroatoms. The minimum absolute atomic E-state index is 0.160. The minimum atomic E-state index is -0.160. The van der Waals surface area contributed by atoms with Crippen molar-refractivity contribution in [3.05, 3.63) is 39.3 Å².